The van der Waals surface area contributed by atoms with E-state index < -0.39 is 0 Å². The summed E-state index contributed by atoms with van der Waals surface area (Å²) < 4.78 is 11.3. The molecule has 2 aromatic rings. The third-order valence-corrected chi connectivity index (χ3v) is 3.31. The number of hydrogen-bond acceptors (Lipinski definition) is 3. The maximum atomic E-state index is 6.03. The lowest BCUT2D eigenvalue weighted by molar-refractivity contribution is 0.397. The minimum absolute atomic E-state index is 0.194. The standard InChI is InChI=1S/C16H18ClNO2/c1-10-7-8-12(17)9-15(10)20-14-6-4-5-13(19-3)16(14)11(2)18/h4-9,11H,18H2,1-3H3. The number of nitrogens with two attached hydrogens (primary N) is 1. The van der Waals surface area contributed by atoms with Crippen molar-refractivity contribution in [1.29, 1.82) is 0 Å². The molecule has 0 saturated carbocycles. The van der Waals surface area contributed by atoms with E-state index in [1.165, 1.54) is 0 Å². The molecular formula is C16H18ClNO2. The Kier molecular flexibility index (Phi) is 4.53. The molecule has 20 heavy (non-hydrogen) atoms. The zero-order chi connectivity index (χ0) is 14.7. The number of halogens is 1. The highest BCUT2D eigenvalue weighted by Crippen LogP contribution is 2.37. The van der Waals surface area contributed by atoms with Gasteiger partial charge in [-0.15, -0.1) is 0 Å². The average molecular weight is 292 g/mol. The Hall–Kier alpha value is -1.71. The fraction of sp³-hybridized carbons (Fsp3) is 0.250. The molecule has 0 aliphatic rings. The summed E-state index contributed by atoms with van der Waals surface area (Å²) in [7, 11) is 1.62. The largest absolute Gasteiger partial charge is 0.496 e. The first-order valence-electron chi connectivity index (χ1n) is 6.39. The van der Waals surface area contributed by atoms with Crippen LogP contribution in [0.5, 0.6) is 17.2 Å². The smallest absolute Gasteiger partial charge is 0.135 e. The summed E-state index contributed by atoms with van der Waals surface area (Å²) in [5.41, 5.74) is 7.88. The van der Waals surface area contributed by atoms with Crippen molar-refractivity contribution in [1.82, 2.24) is 0 Å². The van der Waals surface area contributed by atoms with Crippen molar-refractivity contribution >= 4 is 11.6 Å². The van der Waals surface area contributed by atoms with Crippen molar-refractivity contribution in [2.75, 3.05) is 7.11 Å². The van der Waals surface area contributed by atoms with E-state index in [1.807, 2.05) is 44.2 Å². The Labute approximate surface area is 124 Å². The second-order valence-corrected chi connectivity index (χ2v) is 5.11. The fourth-order valence-corrected chi connectivity index (χ4v) is 2.20. The number of aryl methyl sites for hydroxylation is 1. The molecule has 4 heteroatoms. The summed E-state index contributed by atoms with van der Waals surface area (Å²) in [4.78, 5) is 0. The molecule has 106 valence electrons. The van der Waals surface area contributed by atoms with Crippen LogP contribution in [0.3, 0.4) is 0 Å². The van der Waals surface area contributed by atoms with Crippen molar-refractivity contribution < 1.29 is 9.47 Å². The van der Waals surface area contributed by atoms with E-state index in [1.54, 1.807) is 13.2 Å². The molecule has 0 aliphatic carbocycles. The predicted octanol–water partition coefficient (Wildman–Crippen LogP) is 4.47. The number of rotatable bonds is 4. The van der Waals surface area contributed by atoms with Crippen molar-refractivity contribution in [3.05, 3.63) is 52.5 Å². The lowest BCUT2D eigenvalue weighted by Crippen LogP contribution is -2.08. The van der Waals surface area contributed by atoms with Gasteiger partial charge in [-0.1, -0.05) is 23.7 Å². The molecule has 0 saturated heterocycles. The molecule has 0 aromatic heterocycles. The number of methoxy groups -OCH3 is 1. The van der Waals surface area contributed by atoms with E-state index in [9.17, 15) is 0 Å². The van der Waals surface area contributed by atoms with Crippen LogP contribution in [0.2, 0.25) is 5.02 Å². The first-order valence-corrected chi connectivity index (χ1v) is 6.77. The van der Waals surface area contributed by atoms with Crippen LogP contribution >= 0.6 is 11.6 Å². The van der Waals surface area contributed by atoms with Gasteiger partial charge >= 0.3 is 0 Å². The van der Waals surface area contributed by atoms with E-state index in [4.69, 9.17) is 26.8 Å². The summed E-state index contributed by atoms with van der Waals surface area (Å²) in [5.74, 6) is 2.12. The minimum Gasteiger partial charge on any atom is -0.496 e. The minimum atomic E-state index is -0.194. The van der Waals surface area contributed by atoms with Crippen molar-refractivity contribution in [2.45, 2.75) is 19.9 Å². The van der Waals surface area contributed by atoms with Crippen molar-refractivity contribution in [3.8, 4) is 17.2 Å². The van der Waals surface area contributed by atoms with Crippen molar-refractivity contribution in [2.24, 2.45) is 5.73 Å². The second-order valence-electron chi connectivity index (χ2n) is 4.67. The zero-order valence-corrected chi connectivity index (χ0v) is 12.6. The van der Waals surface area contributed by atoms with Crippen LogP contribution in [0.25, 0.3) is 0 Å². The first-order chi connectivity index (χ1) is 9.52. The quantitative estimate of drug-likeness (QED) is 0.904. The van der Waals surface area contributed by atoms with Gasteiger partial charge in [0.25, 0.3) is 0 Å². The first kappa shape index (κ1) is 14.7. The third kappa shape index (κ3) is 3.06. The molecule has 3 nitrogen and oxygen atoms in total. The van der Waals surface area contributed by atoms with Crippen LogP contribution in [-0.4, -0.2) is 7.11 Å². The van der Waals surface area contributed by atoms with E-state index >= 15 is 0 Å². The lowest BCUT2D eigenvalue weighted by Gasteiger charge is -2.18. The van der Waals surface area contributed by atoms with E-state index in [-0.39, 0.29) is 6.04 Å². The maximum absolute atomic E-state index is 6.03. The monoisotopic (exact) mass is 291 g/mol. The molecule has 0 heterocycles. The van der Waals surface area contributed by atoms with Crippen molar-refractivity contribution in [3.63, 3.8) is 0 Å². The van der Waals surface area contributed by atoms with Gasteiger partial charge in [0.2, 0.25) is 0 Å². The summed E-state index contributed by atoms with van der Waals surface area (Å²) in [6.07, 6.45) is 0. The van der Waals surface area contributed by atoms with Crippen LogP contribution in [0.15, 0.2) is 36.4 Å². The molecule has 2 aromatic carbocycles. The van der Waals surface area contributed by atoms with Gasteiger partial charge < -0.3 is 15.2 Å². The van der Waals surface area contributed by atoms with Crippen LogP contribution in [-0.2, 0) is 0 Å². The molecule has 1 atom stereocenters. The normalized spacial score (nSPS) is 12.1. The number of hydrogen-bond donors (Lipinski definition) is 1. The van der Waals surface area contributed by atoms with Gasteiger partial charge in [-0.3, -0.25) is 0 Å². The van der Waals surface area contributed by atoms with Crippen LogP contribution in [0.1, 0.15) is 24.1 Å². The summed E-state index contributed by atoms with van der Waals surface area (Å²) in [6.45, 7) is 3.87. The predicted molar refractivity (Wildman–Crippen MR) is 81.9 cm³/mol. The Morgan fingerprint density at radius 3 is 2.45 bits per heavy atom. The summed E-state index contributed by atoms with van der Waals surface area (Å²) >= 11 is 6.01. The van der Waals surface area contributed by atoms with Gasteiger partial charge in [-0.25, -0.2) is 0 Å². The zero-order valence-electron chi connectivity index (χ0n) is 11.8. The molecule has 0 fully saturated rings. The molecule has 0 bridgehead atoms. The number of ether oxygens (including phenoxy) is 2. The maximum Gasteiger partial charge on any atom is 0.135 e. The highest BCUT2D eigenvalue weighted by atomic mass is 35.5. The summed E-state index contributed by atoms with van der Waals surface area (Å²) in [6, 6.07) is 11.0. The number of benzene rings is 2. The van der Waals surface area contributed by atoms with Crippen LogP contribution in [0.4, 0.5) is 0 Å². The molecule has 2 rings (SSSR count). The van der Waals surface area contributed by atoms with E-state index in [0.717, 1.165) is 16.9 Å². The Balaban J connectivity index is 2.45. The molecule has 0 amide bonds. The highest BCUT2D eigenvalue weighted by Gasteiger charge is 2.15. The molecule has 0 aliphatic heterocycles. The van der Waals surface area contributed by atoms with Gasteiger partial charge in [0.15, 0.2) is 0 Å². The molecule has 0 spiro atoms. The van der Waals surface area contributed by atoms with E-state index in [2.05, 4.69) is 0 Å². The molecular weight excluding hydrogens is 274 g/mol. The van der Waals surface area contributed by atoms with Gasteiger partial charge in [0, 0.05) is 11.1 Å². The topological polar surface area (TPSA) is 44.5 Å². The van der Waals surface area contributed by atoms with Crippen LogP contribution < -0.4 is 15.2 Å². The molecule has 0 radical (unpaired) electrons. The van der Waals surface area contributed by atoms with Gasteiger partial charge in [-0.05, 0) is 43.7 Å². The van der Waals surface area contributed by atoms with E-state index in [0.29, 0.717) is 16.5 Å². The lowest BCUT2D eigenvalue weighted by atomic mass is 10.1. The summed E-state index contributed by atoms with van der Waals surface area (Å²) in [5, 5.41) is 0.635. The van der Waals surface area contributed by atoms with Gasteiger partial charge in [0.1, 0.15) is 17.2 Å². The average Bonchev–Trinajstić information content (AvgIpc) is 2.42. The van der Waals surface area contributed by atoms with Gasteiger partial charge in [-0.2, -0.15) is 0 Å². The molecule has 2 N–H and O–H groups in total. The SMILES string of the molecule is COc1cccc(Oc2cc(Cl)ccc2C)c1C(C)N. The van der Waals surface area contributed by atoms with Gasteiger partial charge in [0.05, 0.1) is 12.7 Å². The molecule has 1 unspecified atom stereocenters. The Morgan fingerprint density at radius 2 is 1.80 bits per heavy atom. The second kappa shape index (κ2) is 6.16. The fourth-order valence-electron chi connectivity index (χ4n) is 2.04. The highest BCUT2D eigenvalue weighted by molar-refractivity contribution is 6.30. The third-order valence-electron chi connectivity index (χ3n) is 3.07. The Bertz CT molecular complexity index is 611. The Morgan fingerprint density at radius 1 is 1.10 bits per heavy atom. The van der Waals surface area contributed by atoms with Crippen LogP contribution in [0, 0.1) is 6.92 Å².